The topological polar surface area (TPSA) is 83.7 Å². The van der Waals surface area contributed by atoms with Gasteiger partial charge in [-0.05, 0) is 51.1 Å². The molecule has 3 aromatic rings. The predicted molar refractivity (Wildman–Crippen MR) is 130 cm³/mol. The lowest BCUT2D eigenvalue weighted by atomic mass is 10.0. The lowest BCUT2D eigenvalue weighted by Gasteiger charge is -2.35. The monoisotopic (exact) mass is 433 g/mol. The number of carbonyl (C=O) groups is 1. The minimum absolute atomic E-state index is 0.367. The zero-order valence-electron chi connectivity index (χ0n) is 19.2. The molecule has 0 atom stereocenters. The van der Waals surface area contributed by atoms with Crippen molar-refractivity contribution in [3.05, 3.63) is 53.2 Å². The molecular formula is C25H31N5O2. The second kappa shape index (κ2) is 9.04. The van der Waals surface area contributed by atoms with E-state index in [9.17, 15) is 4.79 Å². The molecule has 0 aliphatic carbocycles. The highest BCUT2D eigenvalue weighted by molar-refractivity contribution is 6.08. The number of nitrogens with one attached hydrogen (secondary N) is 1. The smallest absolute Gasteiger partial charge is 0.252 e. The number of fused-ring (bicyclic) bond motifs is 1. The molecule has 1 fully saturated rings. The highest BCUT2D eigenvalue weighted by Crippen LogP contribution is 2.38. The van der Waals surface area contributed by atoms with Gasteiger partial charge in [-0.1, -0.05) is 12.1 Å². The van der Waals surface area contributed by atoms with Crippen LogP contribution < -0.4 is 20.7 Å². The Morgan fingerprint density at radius 3 is 2.62 bits per heavy atom. The molecule has 7 nitrogen and oxygen atoms in total. The molecule has 1 saturated heterocycles. The molecule has 1 aliphatic rings. The quantitative estimate of drug-likeness (QED) is 0.614. The standard InChI is InChI=1S/C25H31N5O2/c1-5-32-23-14-21-18(13-22(23)30-11-9-29(4)10-12-30)24(19(15-27-21)25(26)31)28-20-8-6-7-16(2)17(20)3/h6-8,13-15H,5,9-12H2,1-4H3,(H2,26,31)(H,27,28). The maximum absolute atomic E-state index is 12.3. The minimum Gasteiger partial charge on any atom is -0.492 e. The summed E-state index contributed by atoms with van der Waals surface area (Å²) in [5.41, 5.74) is 11.8. The highest BCUT2D eigenvalue weighted by atomic mass is 16.5. The number of likely N-dealkylation sites (N-methyl/N-ethyl adjacent to an activating group) is 1. The van der Waals surface area contributed by atoms with E-state index < -0.39 is 5.91 Å². The van der Waals surface area contributed by atoms with Crippen LogP contribution in [0.4, 0.5) is 17.1 Å². The van der Waals surface area contributed by atoms with E-state index in [1.165, 1.54) is 5.56 Å². The molecule has 0 unspecified atom stereocenters. The summed E-state index contributed by atoms with van der Waals surface area (Å²) >= 11 is 0. The lowest BCUT2D eigenvalue weighted by molar-refractivity contribution is 0.100. The van der Waals surface area contributed by atoms with Gasteiger partial charge in [0.25, 0.3) is 5.91 Å². The van der Waals surface area contributed by atoms with Crippen molar-refractivity contribution in [1.29, 1.82) is 0 Å². The second-order valence-corrected chi connectivity index (χ2v) is 8.34. The summed E-state index contributed by atoms with van der Waals surface area (Å²) in [5, 5.41) is 4.33. The van der Waals surface area contributed by atoms with Crippen molar-refractivity contribution in [3.63, 3.8) is 0 Å². The predicted octanol–water partition coefficient (Wildman–Crippen LogP) is 3.84. The van der Waals surface area contributed by atoms with Crippen LogP contribution in [0.5, 0.6) is 5.75 Å². The zero-order valence-corrected chi connectivity index (χ0v) is 19.2. The number of primary amides is 1. The first kappa shape index (κ1) is 21.9. The Bertz CT molecular complexity index is 1150. The number of ether oxygens (including phenoxy) is 1. The van der Waals surface area contributed by atoms with Crippen molar-refractivity contribution < 1.29 is 9.53 Å². The molecule has 32 heavy (non-hydrogen) atoms. The number of piperazine rings is 1. The molecule has 1 aliphatic heterocycles. The number of benzene rings is 2. The van der Waals surface area contributed by atoms with Crippen LogP contribution in [0.1, 0.15) is 28.4 Å². The minimum atomic E-state index is -0.512. The van der Waals surface area contributed by atoms with E-state index in [1.54, 1.807) is 6.20 Å². The fourth-order valence-electron chi connectivity index (χ4n) is 4.12. The average Bonchev–Trinajstić information content (AvgIpc) is 2.77. The molecule has 4 rings (SSSR count). The van der Waals surface area contributed by atoms with Crippen LogP contribution in [0.15, 0.2) is 36.5 Å². The van der Waals surface area contributed by atoms with E-state index >= 15 is 0 Å². The van der Waals surface area contributed by atoms with Gasteiger partial charge >= 0.3 is 0 Å². The number of pyridine rings is 1. The number of carbonyl (C=O) groups excluding carboxylic acids is 1. The number of amides is 1. The number of aryl methyl sites for hydroxylation is 1. The number of hydrogen-bond acceptors (Lipinski definition) is 6. The largest absolute Gasteiger partial charge is 0.492 e. The van der Waals surface area contributed by atoms with Gasteiger partial charge in [-0.2, -0.15) is 0 Å². The summed E-state index contributed by atoms with van der Waals surface area (Å²) in [5.74, 6) is 0.295. The molecule has 168 valence electrons. The average molecular weight is 434 g/mol. The first-order valence-corrected chi connectivity index (χ1v) is 11.0. The van der Waals surface area contributed by atoms with Gasteiger partial charge in [0.2, 0.25) is 0 Å². The van der Waals surface area contributed by atoms with Gasteiger partial charge in [-0.3, -0.25) is 9.78 Å². The van der Waals surface area contributed by atoms with Crippen LogP contribution in [-0.4, -0.2) is 55.6 Å². The van der Waals surface area contributed by atoms with Gasteiger partial charge in [0.1, 0.15) is 5.75 Å². The third-order valence-electron chi connectivity index (χ3n) is 6.22. The molecule has 0 bridgehead atoms. The molecule has 0 saturated carbocycles. The Balaban J connectivity index is 1.90. The molecule has 1 aromatic heterocycles. The summed E-state index contributed by atoms with van der Waals surface area (Å²) in [6.45, 7) is 10.5. The number of rotatable bonds is 6. The molecular weight excluding hydrogens is 402 g/mol. The van der Waals surface area contributed by atoms with Gasteiger partial charge in [0, 0.05) is 49.5 Å². The third-order valence-corrected chi connectivity index (χ3v) is 6.22. The van der Waals surface area contributed by atoms with Crippen LogP contribution in [0.25, 0.3) is 10.9 Å². The molecule has 7 heteroatoms. The highest BCUT2D eigenvalue weighted by Gasteiger charge is 2.22. The van der Waals surface area contributed by atoms with Crippen LogP contribution in [0.2, 0.25) is 0 Å². The molecule has 0 spiro atoms. The van der Waals surface area contributed by atoms with Crippen LogP contribution in [-0.2, 0) is 0 Å². The zero-order chi connectivity index (χ0) is 22.8. The van der Waals surface area contributed by atoms with E-state index in [0.717, 1.165) is 59.8 Å². The maximum Gasteiger partial charge on any atom is 0.252 e. The van der Waals surface area contributed by atoms with Crippen molar-refractivity contribution in [2.24, 2.45) is 5.73 Å². The van der Waals surface area contributed by atoms with Gasteiger partial charge in [0.15, 0.2) is 0 Å². The Morgan fingerprint density at radius 2 is 1.94 bits per heavy atom. The Labute approximate surface area is 189 Å². The fourth-order valence-corrected chi connectivity index (χ4v) is 4.12. The molecule has 2 heterocycles. The van der Waals surface area contributed by atoms with Gasteiger partial charge in [-0.25, -0.2) is 0 Å². The third kappa shape index (κ3) is 4.21. The van der Waals surface area contributed by atoms with Crippen molar-refractivity contribution >= 4 is 33.9 Å². The van der Waals surface area contributed by atoms with E-state index in [4.69, 9.17) is 10.5 Å². The van der Waals surface area contributed by atoms with Crippen molar-refractivity contribution in [3.8, 4) is 5.75 Å². The Hall–Kier alpha value is -3.32. The lowest BCUT2D eigenvalue weighted by Crippen LogP contribution is -2.44. The second-order valence-electron chi connectivity index (χ2n) is 8.34. The summed E-state index contributed by atoms with van der Waals surface area (Å²) < 4.78 is 5.99. The van der Waals surface area contributed by atoms with Gasteiger partial charge in [0.05, 0.1) is 29.1 Å². The summed E-state index contributed by atoms with van der Waals surface area (Å²) in [7, 11) is 2.14. The van der Waals surface area contributed by atoms with E-state index in [0.29, 0.717) is 17.9 Å². The molecule has 3 N–H and O–H groups in total. The fraction of sp³-hybridized carbons (Fsp3) is 0.360. The van der Waals surface area contributed by atoms with E-state index in [1.807, 2.05) is 25.1 Å². The van der Waals surface area contributed by atoms with E-state index in [-0.39, 0.29) is 0 Å². The van der Waals surface area contributed by atoms with Crippen molar-refractivity contribution in [1.82, 2.24) is 9.88 Å². The summed E-state index contributed by atoms with van der Waals surface area (Å²) in [4.78, 5) is 21.5. The summed E-state index contributed by atoms with van der Waals surface area (Å²) in [6.07, 6.45) is 1.55. The maximum atomic E-state index is 12.3. The van der Waals surface area contributed by atoms with Crippen LogP contribution in [0, 0.1) is 13.8 Å². The number of anilines is 3. The van der Waals surface area contributed by atoms with Crippen LogP contribution in [0.3, 0.4) is 0 Å². The molecule has 2 aromatic carbocycles. The van der Waals surface area contributed by atoms with Crippen LogP contribution >= 0.6 is 0 Å². The first-order valence-electron chi connectivity index (χ1n) is 11.0. The number of hydrogen-bond donors (Lipinski definition) is 2. The van der Waals surface area contributed by atoms with Crippen molar-refractivity contribution in [2.45, 2.75) is 20.8 Å². The Kier molecular flexibility index (Phi) is 6.19. The SMILES string of the molecule is CCOc1cc2ncc(C(N)=O)c(Nc3cccc(C)c3C)c2cc1N1CCN(C)CC1. The Morgan fingerprint density at radius 1 is 1.19 bits per heavy atom. The van der Waals surface area contributed by atoms with E-state index in [2.05, 4.69) is 53.1 Å². The number of nitrogens with two attached hydrogens (primary N) is 1. The van der Waals surface area contributed by atoms with Gasteiger partial charge in [-0.15, -0.1) is 0 Å². The van der Waals surface area contributed by atoms with Gasteiger partial charge < -0.3 is 25.6 Å². The molecule has 1 amide bonds. The number of aromatic nitrogens is 1. The summed E-state index contributed by atoms with van der Waals surface area (Å²) in [6, 6.07) is 10.1. The number of nitrogens with zero attached hydrogens (tertiary/aromatic N) is 3. The molecule has 0 radical (unpaired) electrons. The normalized spacial score (nSPS) is 14.6. The first-order chi connectivity index (χ1) is 15.4. The van der Waals surface area contributed by atoms with Crippen molar-refractivity contribution in [2.75, 3.05) is 50.1 Å².